The van der Waals surface area contributed by atoms with E-state index in [0.717, 1.165) is 17.0 Å². The zero-order valence-electron chi connectivity index (χ0n) is 8.31. The second kappa shape index (κ2) is 4.04. The van der Waals surface area contributed by atoms with E-state index in [1.54, 1.807) is 11.7 Å². The van der Waals surface area contributed by atoms with Crippen LogP contribution in [0.4, 0.5) is 0 Å². The van der Waals surface area contributed by atoms with Crippen LogP contribution in [0.5, 0.6) is 0 Å². The van der Waals surface area contributed by atoms with Gasteiger partial charge in [0, 0.05) is 17.6 Å². The highest BCUT2D eigenvalue weighted by Gasteiger charge is 2.06. The Hall–Kier alpha value is -1.32. The lowest BCUT2D eigenvalue weighted by molar-refractivity contribution is 0.270. The SMILES string of the molecule is Cn1nc(-c2cccc(Cl)c2)cc1CO. The van der Waals surface area contributed by atoms with Gasteiger partial charge in [-0.05, 0) is 18.2 Å². The predicted molar refractivity (Wildman–Crippen MR) is 59.6 cm³/mol. The lowest BCUT2D eigenvalue weighted by Gasteiger charge is -1.96. The Bertz CT molecular complexity index is 479. The normalized spacial score (nSPS) is 10.6. The summed E-state index contributed by atoms with van der Waals surface area (Å²) < 4.78 is 1.66. The third-order valence-electron chi connectivity index (χ3n) is 2.26. The number of aromatic nitrogens is 2. The number of aryl methyl sites for hydroxylation is 1. The summed E-state index contributed by atoms with van der Waals surface area (Å²) in [5, 5.41) is 14.0. The summed E-state index contributed by atoms with van der Waals surface area (Å²) >= 11 is 5.89. The fraction of sp³-hybridized carbons (Fsp3) is 0.182. The van der Waals surface area contributed by atoms with Gasteiger partial charge in [0.1, 0.15) is 0 Å². The molecular formula is C11H11ClN2O. The highest BCUT2D eigenvalue weighted by Crippen LogP contribution is 2.22. The van der Waals surface area contributed by atoms with Gasteiger partial charge in [-0.2, -0.15) is 5.10 Å². The summed E-state index contributed by atoms with van der Waals surface area (Å²) in [6.45, 7) is -0.00986. The maximum atomic E-state index is 9.05. The van der Waals surface area contributed by atoms with Crippen molar-refractivity contribution in [2.75, 3.05) is 0 Å². The number of halogens is 1. The van der Waals surface area contributed by atoms with Crippen LogP contribution in [-0.4, -0.2) is 14.9 Å². The first kappa shape index (κ1) is 10.2. The Morgan fingerprint density at radius 2 is 2.20 bits per heavy atom. The van der Waals surface area contributed by atoms with Gasteiger partial charge >= 0.3 is 0 Å². The van der Waals surface area contributed by atoms with Gasteiger partial charge in [-0.25, -0.2) is 0 Å². The van der Waals surface area contributed by atoms with Crippen molar-refractivity contribution in [3.05, 3.63) is 41.0 Å². The Morgan fingerprint density at radius 1 is 1.40 bits per heavy atom. The molecule has 0 bridgehead atoms. The Labute approximate surface area is 92.9 Å². The molecule has 0 aliphatic rings. The number of nitrogens with zero attached hydrogens (tertiary/aromatic N) is 2. The monoisotopic (exact) mass is 222 g/mol. The largest absolute Gasteiger partial charge is 0.390 e. The van der Waals surface area contributed by atoms with Gasteiger partial charge in [-0.15, -0.1) is 0 Å². The molecule has 0 atom stereocenters. The van der Waals surface area contributed by atoms with Gasteiger partial charge in [0.2, 0.25) is 0 Å². The average molecular weight is 223 g/mol. The van der Waals surface area contributed by atoms with E-state index in [-0.39, 0.29) is 6.61 Å². The summed E-state index contributed by atoms with van der Waals surface area (Å²) in [7, 11) is 1.81. The van der Waals surface area contributed by atoms with Crippen LogP contribution in [0.1, 0.15) is 5.69 Å². The molecule has 1 aromatic heterocycles. The van der Waals surface area contributed by atoms with E-state index in [2.05, 4.69) is 5.10 Å². The number of aliphatic hydroxyl groups excluding tert-OH is 1. The first-order chi connectivity index (χ1) is 7.20. The third-order valence-corrected chi connectivity index (χ3v) is 2.49. The van der Waals surface area contributed by atoms with E-state index in [9.17, 15) is 0 Å². The topological polar surface area (TPSA) is 38.0 Å². The number of aliphatic hydroxyl groups is 1. The molecule has 0 fully saturated rings. The van der Waals surface area contributed by atoms with Crippen molar-refractivity contribution in [1.82, 2.24) is 9.78 Å². The van der Waals surface area contributed by atoms with Crippen molar-refractivity contribution in [3.63, 3.8) is 0 Å². The van der Waals surface area contributed by atoms with Crippen LogP contribution in [0.2, 0.25) is 5.02 Å². The number of rotatable bonds is 2. The fourth-order valence-electron chi connectivity index (χ4n) is 1.44. The molecule has 0 spiro atoms. The van der Waals surface area contributed by atoms with Gasteiger partial charge in [0.15, 0.2) is 0 Å². The number of hydrogen-bond acceptors (Lipinski definition) is 2. The first-order valence-electron chi connectivity index (χ1n) is 4.60. The second-order valence-corrected chi connectivity index (χ2v) is 3.75. The molecule has 4 heteroatoms. The van der Waals surface area contributed by atoms with Crippen molar-refractivity contribution >= 4 is 11.6 Å². The quantitative estimate of drug-likeness (QED) is 0.846. The predicted octanol–water partition coefficient (Wildman–Crippen LogP) is 2.23. The molecule has 3 nitrogen and oxygen atoms in total. The fourth-order valence-corrected chi connectivity index (χ4v) is 1.63. The summed E-state index contributed by atoms with van der Waals surface area (Å²) in [5.41, 5.74) is 2.56. The maximum Gasteiger partial charge on any atom is 0.0927 e. The highest BCUT2D eigenvalue weighted by atomic mass is 35.5. The van der Waals surface area contributed by atoms with Crippen LogP contribution in [0.25, 0.3) is 11.3 Å². The standard InChI is InChI=1S/C11H11ClN2O/c1-14-10(7-15)6-11(13-14)8-3-2-4-9(12)5-8/h2-6,15H,7H2,1H3. The Balaban J connectivity index is 2.45. The molecule has 0 aliphatic carbocycles. The minimum atomic E-state index is -0.00986. The molecule has 0 amide bonds. The van der Waals surface area contributed by atoms with E-state index in [1.807, 2.05) is 30.3 Å². The minimum absolute atomic E-state index is 0.00986. The van der Waals surface area contributed by atoms with E-state index in [4.69, 9.17) is 16.7 Å². The van der Waals surface area contributed by atoms with Crippen LogP contribution in [0, 0.1) is 0 Å². The van der Waals surface area contributed by atoms with Gasteiger partial charge in [-0.3, -0.25) is 4.68 Å². The molecule has 0 radical (unpaired) electrons. The van der Waals surface area contributed by atoms with Crippen LogP contribution in [0.3, 0.4) is 0 Å². The molecule has 15 heavy (non-hydrogen) atoms. The molecule has 1 N–H and O–H groups in total. The van der Waals surface area contributed by atoms with Crippen molar-refractivity contribution in [3.8, 4) is 11.3 Å². The van der Waals surface area contributed by atoms with E-state index >= 15 is 0 Å². The molecular weight excluding hydrogens is 212 g/mol. The van der Waals surface area contributed by atoms with Crippen LogP contribution in [0.15, 0.2) is 30.3 Å². The van der Waals surface area contributed by atoms with E-state index < -0.39 is 0 Å². The summed E-state index contributed by atoms with van der Waals surface area (Å²) in [4.78, 5) is 0. The van der Waals surface area contributed by atoms with Crippen LogP contribution >= 0.6 is 11.6 Å². The summed E-state index contributed by atoms with van der Waals surface area (Å²) in [6, 6.07) is 9.35. The molecule has 2 rings (SSSR count). The summed E-state index contributed by atoms with van der Waals surface area (Å²) in [6.07, 6.45) is 0. The minimum Gasteiger partial charge on any atom is -0.390 e. The van der Waals surface area contributed by atoms with Crippen molar-refractivity contribution in [2.24, 2.45) is 7.05 Å². The first-order valence-corrected chi connectivity index (χ1v) is 4.98. The molecule has 0 aliphatic heterocycles. The van der Waals surface area contributed by atoms with Crippen molar-refractivity contribution in [2.45, 2.75) is 6.61 Å². The third kappa shape index (κ3) is 2.03. The zero-order chi connectivity index (χ0) is 10.8. The zero-order valence-corrected chi connectivity index (χ0v) is 9.07. The lowest BCUT2D eigenvalue weighted by Crippen LogP contribution is -1.96. The van der Waals surface area contributed by atoms with Gasteiger partial charge < -0.3 is 5.11 Å². The molecule has 1 heterocycles. The van der Waals surface area contributed by atoms with Crippen LogP contribution in [-0.2, 0) is 13.7 Å². The smallest absolute Gasteiger partial charge is 0.0927 e. The van der Waals surface area contributed by atoms with Crippen LogP contribution < -0.4 is 0 Å². The Morgan fingerprint density at radius 3 is 2.80 bits per heavy atom. The molecule has 0 saturated carbocycles. The Kier molecular flexibility index (Phi) is 2.75. The van der Waals surface area contributed by atoms with Gasteiger partial charge in [0.25, 0.3) is 0 Å². The molecule has 1 aromatic carbocycles. The second-order valence-electron chi connectivity index (χ2n) is 3.31. The van der Waals surface area contributed by atoms with E-state index in [0.29, 0.717) is 5.02 Å². The highest BCUT2D eigenvalue weighted by molar-refractivity contribution is 6.30. The summed E-state index contributed by atoms with van der Waals surface area (Å²) in [5.74, 6) is 0. The molecule has 78 valence electrons. The van der Waals surface area contributed by atoms with Crippen molar-refractivity contribution in [1.29, 1.82) is 0 Å². The lowest BCUT2D eigenvalue weighted by atomic mass is 10.1. The average Bonchev–Trinajstić information content (AvgIpc) is 2.60. The van der Waals surface area contributed by atoms with Crippen molar-refractivity contribution < 1.29 is 5.11 Å². The molecule has 0 saturated heterocycles. The van der Waals surface area contributed by atoms with Gasteiger partial charge in [-0.1, -0.05) is 23.7 Å². The number of benzene rings is 1. The number of hydrogen-bond donors (Lipinski definition) is 1. The maximum absolute atomic E-state index is 9.05. The molecule has 0 unspecified atom stereocenters. The van der Waals surface area contributed by atoms with Gasteiger partial charge in [0.05, 0.1) is 18.0 Å². The molecule has 2 aromatic rings. The van der Waals surface area contributed by atoms with E-state index in [1.165, 1.54) is 0 Å².